The highest BCUT2D eigenvalue weighted by Crippen LogP contribution is 2.39. The third-order valence-electron chi connectivity index (χ3n) is 3.33. The Morgan fingerprint density at radius 1 is 1.11 bits per heavy atom. The molecule has 0 spiro atoms. The van der Waals surface area contributed by atoms with Gasteiger partial charge in [0.2, 0.25) is 0 Å². The lowest BCUT2D eigenvalue weighted by atomic mass is 10.1. The second-order valence-electron chi connectivity index (χ2n) is 4.41. The largest absolute Gasteiger partial charge is 0.497 e. The number of carbonyl (C=O) groups is 1. The lowest BCUT2D eigenvalue weighted by Crippen LogP contribution is -2.27. The van der Waals surface area contributed by atoms with Crippen molar-refractivity contribution in [2.24, 2.45) is 5.73 Å². The lowest BCUT2D eigenvalue weighted by Gasteiger charge is -2.18. The summed E-state index contributed by atoms with van der Waals surface area (Å²) in [7, 11) is 1.61. The molecule has 0 aliphatic carbocycles. The summed E-state index contributed by atoms with van der Waals surface area (Å²) >= 11 is 0. The first-order valence-corrected chi connectivity index (χ1v) is 6.05. The van der Waals surface area contributed by atoms with Gasteiger partial charge in [-0.25, -0.2) is 0 Å². The van der Waals surface area contributed by atoms with E-state index in [0.29, 0.717) is 0 Å². The highest BCUT2D eigenvalue weighted by molar-refractivity contribution is 6.09. The SMILES string of the molecule is COc1ccc(N2C(=O)C(N)c3ccccc32)cc1. The van der Waals surface area contributed by atoms with E-state index < -0.39 is 6.04 Å². The first-order valence-electron chi connectivity index (χ1n) is 6.05. The number of rotatable bonds is 2. The number of para-hydroxylation sites is 1. The Hall–Kier alpha value is -2.33. The van der Waals surface area contributed by atoms with Crippen LogP contribution in [0.25, 0.3) is 0 Å². The van der Waals surface area contributed by atoms with Crippen molar-refractivity contribution < 1.29 is 9.53 Å². The number of fused-ring (bicyclic) bond motifs is 1. The third-order valence-corrected chi connectivity index (χ3v) is 3.33. The second kappa shape index (κ2) is 4.40. The van der Waals surface area contributed by atoms with Gasteiger partial charge >= 0.3 is 0 Å². The van der Waals surface area contributed by atoms with Crippen molar-refractivity contribution in [2.45, 2.75) is 6.04 Å². The topological polar surface area (TPSA) is 55.6 Å². The van der Waals surface area contributed by atoms with E-state index in [-0.39, 0.29) is 5.91 Å². The molecule has 3 rings (SSSR count). The number of benzene rings is 2. The summed E-state index contributed by atoms with van der Waals surface area (Å²) < 4.78 is 5.12. The summed E-state index contributed by atoms with van der Waals surface area (Å²) in [6.45, 7) is 0. The first kappa shape index (κ1) is 11.7. The maximum atomic E-state index is 12.3. The van der Waals surface area contributed by atoms with Gasteiger partial charge in [-0.15, -0.1) is 0 Å². The van der Waals surface area contributed by atoms with Gasteiger partial charge in [0, 0.05) is 11.3 Å². The van der Waals surface area contributed by atoms with Gasteiger partial charge in [0.05, 0.1) is 12.8 Å². The van der Waals surface area contributed by atoms with Crippen molar-refractivity contribution in [3.63, 3.8) is 0 Å². The zero-order chi connectivity index (χ0) is 13.4. The van der Waals surface area contributed by atoms with Crippen LogP contribution in [0.2, 0.25) is 0 Å². The summed E-state index contributed by atoms with van der Waals surface area (Å²) in [5.41, 5.74) is 8.47. The molecule has 1 unspecified atom stereocenters. The summed E-state index contributed by atoms with van der Waals surface area (Å²) in [5.74, 6) is 0.652. The number of amides is 1. The Kier molecular flexibility index (Phi) is 2.72. The minimum atomic E-state index is -0.585. The van der Waals surface area contributed by atoms with Crippen LogP contribution in [0.5, 0.6) is 5.75 Å². The number of nitrogens with two attached hydrogens (primary N) is 1. The summed E-state index contributed by atoms with van der Waals surface area (Å²) in [5, 5.41) is 0. The van der Waals surface area contributed by atoms with Crippen molar-refractivity contribution in [1.82, 2.24) is 0 Å². The Morgan fingerprint density at radius 2 is 1.79 bits per heavy atom. The molecule has 0 fully saturated rings. The van der Waals surface area contributed by atoms with Gasteiger partial charge in [-0.05, 0) is 30.3 Å². The fraction of sp³-hybridized carbons (Fsp3) is 0.133. The molecule has 4 heteroatoms. The van der Waals surface area contributed by atoms with Crippen molar-refractivity contribution in [3.05, 3.63) is 54.1 Å². The van der Waals surface area contributed by atoms with Gasteiger partial charge in [0.15, 0.2) is 0 Å². The molecule has 2 N–H and O–H groups in total. The van der Waals surface area contributed by atoms with Crippen molar-refractivity contribution in [3.8, 4) is 5.75 Å². The van der Waals surface area contributed by atoms with E-state index in [4.69, 9.17) is 10.5 Å². The molecule has 1 aliphatic rings. The number of hydrogen-bond donors (Lipinski definition) is 1. The molecular weight excluding hydrogens is 240 g/mol. The van der Waals surface area contributed by atoms with Crippen LogP contribution in [0.15, 0.2) is 48.5 Å². The average Bonchev–Trinajstić information content (AvgIpc) is 2.72. The Morgan fingerprint density at radius 3 is 2.47 bits per heavy atom. The Bertz CT molecular complexity index is 622. The average molecular weight is 254 g/mol. The standard InChI is InChI=1S/C15H14N2O2/c1-19-11-8-6-10(7-9-11)17-13-5-3-2-4-12(13)14(16)15(17)18/h2-9,14H,16H2,1H3. The number of methoxy groups -OCH3 is 1. The van der Waals surface area contributed by atoms with Gasteiger partial charge in [-0.1, -0.05) is 18.2 Å². The molecule has 2 aromatic rings. The molecule has 0 saturated heterocycles. The van der Waals surface area contributed by atoms with Gasteiger partial charge in [-0.3, -0.25) is 9.69 Å². The maximum absolute atomic E-state index is 12.3. The highest BCUT2D eigenvalue weighted by Gasteiger charge is 2.35. The third kappa shape index (κ3) is 1.77. The molecule has 1 atom stereocenters. The van der Waals surface area contributed by atoms with Crippen LogP contribution < -0.4 is 15.4 Å². The fourth-order valence-electron chi connectivity index (χ4n) is 2.34. The van der Waals surface area contributed by atoms with E-state index >= 15 is 0 Å². The molecule has 0 radical (unpaired) electrons. The molecule has 1 heterocycles. The second-order valence-corrected chi connectivity index (χ2v) is 4.41. The molecular formula is C15H14N2O2. The maximum Gasteiger partial charge on any atom is 0.253 e. The van der Waals surface area contributed by atoms with Crippen LogP contribution in [0.4, 0.5) is 11.4 Å². The lowest BCUT2D eigenvalue weighted by molar-refractivity contribution is -0.118. The van der Waals surface area contributed by atoms with Crippen LogP contribution in [0.1, 0.15) is 11.6 Å². The van der Waals surface area contributed by atoms with E-state index in [2.05, 4.69) is 0 Å². The Balaban J connectivity index is 2.07. The molecule has 1 amide bonds. The van der Waals surface area contributed by atoms with E-state index in [0.717, 1.165) is 22.7 Å². The van der Waals surface area contributed by atoms with Crippen LogP contribution in [0.3, 0.4) is 0 Å². The molecule has 0 bridgehead atoms. The summed E-state index contributed by atoms with van der Waals surface area (Å²) in [6, 6.07) is 14.4. The molecule has 0 aromatic heterocycles. The fourth-order valence-corrected chi connectivity index (χ4v) is 2.34. The number of nitrogens with zero attached hydrogens (tertiary/aromatic N) is 1. The zero-order valence-electron chi connectivity index (χ0n) is 10.5. The van der Waals surface area contributed by atoms with Gasteiger partial charge in [-0.2, -0.15) is 0 Å². The summed E-state index contributed by atoms with van der Waals surface area (Å²) in [6.07, 6.45) is 0. The van der Waals surface area contributed by atoms with E-state index in [1.54, 1.807) is 12.0 Å². The van der Waals surface area contributed by atoms with Gasteiger partial charge in [0.1, 0.15) is 11.8 Å². The Labute approximate surface area is 111 Å². The minimum absolute atomic E-state index is 0.105. The van der Waals surface area contributed by atoms with Crippen molar-refractivity contribution in [1.29, 1.82) is 0 Å². The minimum Gasteiger partial charge on any atom is -0.497 e. The highest BCUT2D eigenvalue weighted by atomic mass is 16.5. The molecule has 2 aromatic carbocycles. The summed E-state index contributed by atoms with van der Waals surface area (Å²) in [4.78, 5) is 13.9. The molecule has 96 valence electrons. The number of carbonyl (C=O) groups excluding carboxylic acids is 1. The predicted molar refractivity (Wildman–Crippen MR) is 73.5 cm³/mol. The normalized spacial score (nSPS) is 17.5. The monoisotopic (exact) mass is 254 g/mol. The van der Waals surface area contributed by atoms with Crippen LogP contribution in [-0.4, -0.2) is 13.0 Å². The molecule has 1 aliphatic heterocycles. The van der Waals surface area contributed by atoms with E-state index in [1.165, 1.54) is 0 Å². The number of ether oxygens (including phenoxy) is 1. The van der Waals surface area contributed by atoms with Crippen molar-refractivity contribution >= 4 is 17.3 Å². The smallest absolute Gasteiger partial charge is 0.253 e. The van der Waals surface area contributed by atoms with E-state index in [1.807, 2.05) is 48.5 Å². The van der Waals surface area contributed by atoms with Crippen LogP contribution in [0, 0.1) is 0 Å². The van der Waals surface area contributed by atoms with Crippen LogP contribution >= 0.6 is 0 Å². The van der Waals surface area contributed by atoms with E-state index in [9.17, 15) is 4.79 Å². The quantitative estimate of drug-likeness (QED) is 0.895. The van der Waals surface area contributed by atoms with Gasteiger partial charge < -0.3 is 10.5 Å². The molecule has 4 nitrogen and oxygen atoms in total. The molecule has 0 saturated carbocycles. The number of hydrogen-bond acceptors (Lipinski definition) is 3. The van der Waals surface area contributed by atoms with Crippen molar-refractivity contribution in [2.75, 3.05) is 12.0 Å². The molecule has 19 heavy (non-hydrogen) atoms. The number of anilines is 2. The zero-order valence-corrected chi connectivity index (χ0v) is 10.5. The van der Waals surface area contributed by atoms with Crippen LogP contribution in [-0.2, 0) is 4.79 Å². The van der Waals surface area contributed by atoms with Gasteiger partial charge in [0.25, 0.3) is 5.91 Å². The predicted octanol–water partition coefficient (Wildman–Crippen LogP) is 2.37. The first-order chi connectivity index (χ1) is 9.22.